The third kappa shape index (κ3) is 7.78. The average Bonchev–Trinajstić information content (AvgIpc) is 2.71. The maximum Gasteiger partial charge on any atom is 0.416 e. The molecule has 1 atom stereocenters. The first-order valence-corrected chi connectivity index (χ1v) is 7.29. The average molecular weight is 390 g/mol. The molecule has 0 heterocycles. The van der Waals surface area contributed by atoms with E-state index >= 15 is 0 Å². The summed E-state index contributed by atoms with van der Waals surface area (Å²) in [6.07, 6.45) is -5.36. The lowest BCUT2D eigenvalue weighted by Crippen LogP contribution is -2.13. The molecule has 0 saturated heterocycles. The van der Waals surface area contributed by atoms with E-state index in [-0.39, 0.29) is 24.3 Å². The van der Waals surface area contributed by atoms with Crippen LogP contribution < -0.4 is 10.5 Å². The number of benzene rings is 2. The number of carbonyl (C=O) groups is 2. The number of hydrogen-bond donors (Lipinski definition) is 3. The summed E-state index contributed by atoms with van der Waals surface area (Å²) in [5.41, 5.74) is 4.60. The van der Waals surface area contributed by atoms with Gasteiger partial charge in [-0.3, -0.25) is 0 Å². The molecule has 2 aromatic rings. The van der Waals surface area contributed by atoms with Crippen LogP contribution in [0.15, 0.2) is 54.5 Å². The highest BCUT2D eigenvalue weighted by atomic mass is 19.4. The third-order valence-corrected chi connectivity index (χ3v) is 2.91. The van der Waals surface area contributed by atoms with E-state index in [9.17, 15) is 13.2 Å². The molecule has 0 aliphatic rings. The zero-order valence-corrected chi connectivity index (χ0v) is 13.6. The van der Waals surface area contributed by atoms with Crippen molar-refractivity contribution in [3.05, 3.63) is 65.6 Å². The molecule has 4 N–H and O–H groups in total. The normalized spacial score (nSPS) is 14.3. The molecule has 146 valence electrons. The first-order valence-electron chi connectivity index (χ1n) is 9.79. The number of ether oxygens (including phenoxy) is 1. The van der Waals surface area contributed by atoms with Crippen LogP contribution in [0.25, 0.3) is 0 Å². The molecule has 0 aliphatic carbocycles. The standard InChI is InChI=1S/C16H16F3NO.C2H2O4/c17-16(18,19)13-6-8-14(9-7-13)21-15(10-11-20)12-4-2-1-3-5-12;3-1(4)2(5)6/h1-9,15H,10-11,20H2;(H,3,4)(H,5,6)/i1D,2D,3D,4D,5D;. The molecule has 0 amide bonds. The van der Waals surface area contributed by atoms with E-state index < -0.39 is 60.0 Å². The zero-order valence-electron chi connectivity index (χ0n) is 18.6. The number of halogens is 3. The van der Waals surface area contributed by atoms with Crippen molar-refractivity contribution in [3.63, 3.8) is 0 Å². The number of alkyl halides is 3. The summed E-state index contributed by atoms with van der Waals surface area (Å²) in [5, 5.41) is 14.8. The Kier molecular flexibility index (Phi) is 5.66. The van der Waals surface area contributed by atoms with Gasteiger partial charge in [0, 0.05) is 6.42 Å². The van der Waals surface area contributed by atoms with E-state index in [1.54, 1.807) is 0 Å². The van der Waals surface area contributed by atoms with Crippen LogP contribution in [-0.4, -0.2) is 28.7 Å². The second-order valence-electron chi connectivity index (χ2n) is 4.85. The fraction of sp³-hybridized carbons (Fsp3) is 0.222. The molecule has 6 nitrogen and oxygen atoms in total. The minimum atomic E-state index is -4.48. The Morgan fingerprint density at radius 2 is 1.59 bits per heavy atom. The lowest BCUT2D eigenvalue weighted by molar-refractivity contribution is -0.159. The Bertz CT molecular complexity index is 945. The van der Waals surface area contributed by atoms with Crippen LogP contribution in [0.5, 0.6) is 5.75 Å². The van der Waals surface area contributed by atoms with Crippen LogP contribution >= 0.6 is 0 Å². The van der Waals surface area contributed by atoms with Crippen molar-refractivity contribution in [2.45, 2.75) is 18.7 Å². The number of nitrogens with two attached hydrogens (primary N) is 1. The second-order valence-corrected chi connectivity index (χ2v) is 4.85. The molecule has 0 aliphatic heterocycles. The minimum absolute atomic E-state index is 0.0725. The van der Waals surface area contributed by atoms with Crippen molar-refractivity contribution in [1.82, 2.24) is 0 Å². The first-order chi connectivity index (χ1) is 14.7. The Morgan fingerprint density at radius 3 is 2.00 bits per heavy atom. The number of hydrogen-bond acceptors (Lipinski definition) is 4. The van der Waals surface area contributed by atoms with Crippen LogP contribution in [0.3, 0.4) is 0 Å². The summed E-state index contributed by atoms with van der Waals surface area (Å²) < 4.78 is 82.5. The third-order valence-electron chi connectivity index (χ3n) is 2.91. The summed E-state index contributed by atoms with van der Waals surface area (Å²) in [6.45, 7) is 0.0907. The molecule has 2 rings (SSSR count). The molecule has 0 radical (unpaired) electrons. The Hall–Kier alpha value is -3.07. The molecule has 0 aromatic heterocycles. The summed E-state index contributed by atoms with van der Waals surface area (Å²) >= 11 is 0. The fourth-order valence-electron chi connectivity index (χ4n) is 1.72. The van der Waals surface area contributed by atoms with Crippen LogP contribution in [-0.2, 0) is 15.8 Å². The molecular weight excluding hydrogens is 367 g/mol. The van der Waals surface area contributed by atoms with E-state index in [1.807, 2.05) is 0 Å². The predicted molar refractivity (Wildman–Crippen MR) is 90.2 cm³/mol. The lowest BCUT2D eigenvalue weighted by Gasteiger charge is -2.19. The van der Waals surface area contributed by atoms with Crippen molar-refractivity contribution in [2.24, 2.45) is 5.73 Å². The summed E-state index contributed by atoms with van der Waals surface area (Å²) in [7, 11) is 0. The monoisotopic (exact) mass is 390 g/mol. The molecule has 27 heavy (non-hydrogen) atoms. The van der Waals surface area contributed by atoms with Crippen molar-refractivity contribution in [1.29, 1.82) is 0 Å². The van der Waals surface area contributed by atoms with Crippen LogP contribution in [0.1, 0.15) is 30.5 Å². The van der Waals surface area contributed by atoms with Crippen molar-refractivity contribution in [2.75, 3.05) is 6.54 Å². The molecule has 1 unspecified atom stereocenters. The minimum Gasteiger partial charge on any atom is -0.486 e. The molecule has 0 saturated carbocycles. The van der Waals surface area contributed by atoms with Gasteiger partial charge in [-0.15, -0.1) is 0 Å². The van der Waals surface area contributed by atoms with Gasteiger partial charge in [0.15, 0.2) is 0 Å². The topological polar surface area (TPSA) is 110 Å². The maximum atomic E-state index is 12.6. The summed E-state index contributed by atoms with van der Waals surface area (Å²) in [4.78, 5) is 18.2. The summed E-state index contributed by atoms with van der Waals surface area (Å²) in [6, 6.07) is 1.49. The van der Waals surface area contributed by atoms with E-state index in [1.165, 1.54) is 0 Å². The molecule has 0 spiro atoms. The maximum absolute atomic E-state index is 12.6. The van der Waals surface area contributed by atoms with E-state index in [2.05, 4.69) is 0 Å². The van der Waals surface area contributed by atoms with Gasteiger partial charge in [-0.25, -0.2) is 9.59 Å². The van der Waals surface area contributed by atoms with Gasteiger partial charge < -0.3 is 20.7 Å². The van der Waals surface area contributed by atoms with E-state index in [0.717, 1.165) is 24.3 Å². The van der Waals surface area contributed by atoms with Crippen LogP contribution in [0.4, 0.5) is 13.2 Å². The smallest absolute Gasteiger partial charge is 0.416 e. The van der Waals surface area contributed by atoms with Gasteiger partial charge in [0.1, 0.15) is 11.9 Å². The fourth-order valence-corrected chi connectivity index (χ4v) is 1.72. The lowest BCUT2D eigenvalue weighted by atomic mass is 10.1. The Morgan fingerprint density at radius 1 is 1.07 bits per heavy atom. The Balaban J connectivity index is 0.000000751. The van der Waals surface area contributed by atoms with E-state index in [4.69, 9.17) is 37.1 Å². The first kappa shape index (κ1) is 15.0. The second kappa shape index (κ2) is 10.2. The highest BCUT2D eigenvalue weighted by Gasteiger charge is 2.30. The molecule has 0 fully saturated rings. The molecule has 9 heteroatoms. The van der Waals surface area contributed by atoms with Crippen molar-refractivity contribution in [3.8, 4) is 5.75 Å². The highest BCUT2D eigenvalue weighted by Crippen LogP contribution is 2.31. The van der Waals surface area contributed by atoms with Gasteiger partial charge in [0.05, 0.1) is 12.4 Å². The van der Waals surface area contributed by atoms with Gasteiger partial charge in [0.2, 0.25) is 0 Å². The summed E-state index contributed by atoms with van der Waals surface area (Å²) in [5.74, 6) is -3.58. The van der Waals surface area contributed by atoms with Gasteiger partial charge >= 0.3 is 18.1 Å². The van der Waals surface area contributed by atoms with Crippen LogP contribution in [0.2, 0.25) is 0 Å². The number of carboxylic acid groups (broad SMARTS) is 2. The van der Waals surface area contributed by atoms with Gasteiger partial charge in [0.25, 0.3) is 0 Å². The Labute approximate surface area is 160 Å². The quantitative estimate of drug-likeness (QED) is 0.676. The molecule has 0 bridgehead atoms. The number of rotatable bonds is 5. The van der Waals surface area contributed by atoms with Gasteiger partial charge in [-0.2, -0.15) is 13.2 Å². The molecular formula is C18H18F3NO5. The van der Waals surface area contributed by atoms with E-state index in [0.29, 0.717) is 0 Å². The zero-order chi connectivity index (χ0) is 24.8. The van der Waals surface area contributed by atoms with Gasteiger partial charge in [-0.1, -0.05) is 30.2 Å². The number of aliphatic carboxylic acids is 2. The van der Waals surface area contributed by atoms with Crippen LogP contribution in [0, 0.1) is 0 Å². The highest BCUT2D eigenvalue weighted by molar-refractivity contribution is 6.27. The van der Waals surface area contributed by atoms with Crippen molar-refractivity contribution < 1.29 is 44.6 Å². The largest absolute Gasteiger partial charge is 0.486 e. The SMILES string of the molecule is O=C(O)C(=O)O.[2H]c1c([2H])c([2H])c(C(CCN)Oc2ccc(C(F)(F)F)cc2)c([2H])c1[2H]. The number of carboxylic acids is 2. The molecule has 2 aromatic carbocycles. The van der Waals surface area contributed by atoms with Gasteiger partial charge in [-0.05, 0) is 36.4 Å². The van der Waals surface area contributed by atoms with Crippen molar-refractivity contribution >= 4 is 11.9 Å². The predicted octanol–water partition coefficient (Wildman–Crippen LogP) is 3.33.